The van der Waals surface area contributed by atoms with E-state index in [-0.39, 0.29) is 12.0 Å². The minimum atomic E-state index is -0.228. The van der Waals surface area contributed by atoms with Crippen LogP contribution in [-0.2, 0) is 0 Å². The van der Waals surface area contributed by atoms with E-state index in [4.69, 9.17) is 0 Å². The van der Waals surface area contributed by atoms with Crippen LogP contribution >= 0.6 is 0 Å². The molecule has 3 aromatic rings. The van der Waals surface area contributed by atoms with Crippen molar-refractivity contribution in [3.8, 4) is 11.3 Å². The van der Waals surface area contributed by atoms with Crippen molar-refractivity contribution in [3.05, 3.63) is 70.7 Å². The highest BCUT2D eigenvalue weighted by molar-refractivity contribution is 5.81. The Morgan fingerprint density at radius 3 is 2.52 bits per heavy atom. The molecule has 3 nitrogen and oxygen atoms in total. The second-order valence-corrected chi connectivity index (χ2v) is 6.22. The number of aromatic nitrogens is 2. The van der Waals surface area contributed by atoms with Gasteiger partial charge >= 0.3 is 0 Å². The first-order chi connectivity index (χ1) is 11.0. The molecule has 1 aliphatic heterocycles. The third kappa shape index (κ3) is 2.22. The van der Waals surface area contributed by atoms with Crippen LogP contribution in [0.4, 0.5) is 10.1 Å². The molecule has 4 heteroatoms. The van der Waals surface area contributed by atoms with Crippen molar-refractivity contribution in [3.63, 3.8) is 0 Å². The van der Waals surface area contributed by atoms with Gasteiger partial charge in [0.25, 0.3) is 0 Å². The molecule has 1 N–H and O–H groups in total. The molecular formula is C19H18FN3. The molecule has 1 atom stereocenters. The lowest BCUT2D eigenvalue weighted by Gasteiger charge is -2.30. The van der Waals surface area contributed by atoms with E-state index >= 15 is 0 Å². The summed E-state index contributed by atoms with van der Waals surface area (Å²) in [6.45, 7) is 6.21. The van der Waals surface area contributed by atoms with Crippen molar-refractivity contribution >= 4 is 5.69 Å². The van der Waals surface area contributed by atoms with Crippen LogP contribution in [0.3, 0.4) is 0 Å². The van der Waals surface area contributed by atoms with Crippen molar-refractivity contribution in [1.29, 1.82) is 0 Å². The quantitative estimate of drug-likeness (QED) is 0.713. The summed E-state index contributed by atoms with van der Waals surface area (Å²) in [5, 5.41) is 8.23. The molecule has 1 unspecified atom stereocenters. The summed E-state index contributed by atoms with van der Waals surface area (Å²) in [6.07, 6.45) is -0.131. The van der Waals surface area contributed by atoms with Gasteiger partial charge in [-0.25, -0.2) is 9.07 Å². The second kappa shape index (κ2) is 4.95. The van der Waals surface area contributed by atoms with Gasteiger partial charge in [-0.2, -0.15) is 5.10 Å². The molecule has 1 aliphatic rings. The third-order valence-corrected chi connectivity index (χ3v) is 4.33. The SMILES string of the molecule is Cc1cc(C)c2c(c1)-c1cc(C)nn1C(c1ccc(F)cc1)N2. The number of nitrogens with one attached hydrogen (secondary N) is 1. The van der Waals surface area contributed by atoms with Crippen LogP contribution in [0, 0.1) is 26.6 Å². The van der Waals surface area contributed by atoms with E-state index in [9.17, 15) is 4.39 Å². The predicted octanol–water partition coefficient (Wildman–Crippen LogP) is 4.59. The molecule has 0 radical (unpaired) electrons. The Morgan fingerprint density at radius 1 is 1.04 bits per heavy atom. The fourth-order valence-corrected chi connectivity index (χ4v) is 3.34. The third-order valence-electron chi connectivity index (χ3n) is 4.33. The molecule has 0 bridgehead atoms. The molecule has 1 aromatic heterocycles. The standard InChI is InChI=1S/C19H18FN3/c1-11-8-12(2)18-16(9-11)17-10-13(3)22-23(17)19(21-18)14-4-6-15(20)7-5-14/h4-10,19,21H,1-3H3. The smallest absolute Gasteiger partial charge is 0.147 e. The number of rotatable bonds is 1. The van der Waals surface area contributed by atoms with Gasteiger partial charge in [0.1, 0.15) is 12.0 Å². The van der Waals surface area contributed by atoms with E-state index in [1.165, 1.54) is 28.8 Å². The molecule has 0 spiro atoms. The zero-order valence-corrected chi connectivity index (χ0v) is 13.4. The maximum absolute atomic E-state index is 13.3. The molecular weight excluding hydrogens is 289 g/mol. The molecule has 4 rings (SSSR count). The van der Waals surface area contributed by atoms with Gasteiger partial charge in [0, 0.05) is 11.3 Å². The van der Waals surface area contributed by atoms with Gasteiger partial charge in [0.2, 0.25) is 0 Å². The van der Waals surface area contributed by atoms with Gasteiger partial charge in [-0.15, -0.1) is 0 Å². The van der Waals surface area contributed by atoms with Crippen LogP contribution in [0.1, 0.15) is 28.6 Å². The first-order valence-corrected chi connectivity index (χ1v) is 7.73. The van der Waals surface area contributed by atoms with Crippen molar-refractivity contribution < 1.29 is 4.39 Å². The summed E-state index contributed by atoms with van der Waals surface area (Å²) in [7, 11) is 0. The average molecular weight is 307 g/mol. The largest absolute Gasteiger partial charge is 0.359 e. The van der Waals surface area contributed by atoms with E-state index in [1.54, 1.807) is 0 Å². The summed E-state index contributed by atoms with van der Waals surface area (Å²) in [6, 6.07) is 13.1. The fraction of sp³-hybridized carbons (Fsp3) is 0.211. The Hall–Kier alpha value is -2.62. The lowest BCUT2D eigenvalue weighted by atomic mass is 9.98. The zero-order valence-electron chi connectivity index (χ0n) is 13.4. The number of anilines is 1. The second-order valence-electron chi connectivity index (χ2n) is 6.22. The average Bonchev–Trinajstić information content (AvgIpc) is 2.89. The van der Waals surface area contributed by atoms with Crippen LogP contribution in [0.25, 0.3) is 11.3 Å². The van der Waals surface area contributed by atoms with Crippen molar-refractivity contribution in [2.75, 3.05) is 5.32 Å². The normalized spacial score (nSPS) is 15.7. The Balaban J connectivity index is 1.93. The van der Waals surface area contributed by atoms with Crippen LogP contribution in [0.5, 0.6) is 0 Å². The van der Waals surface area contributed by atoms with Gasteiger partial charge in [0.05, 0.1) is 11.4 Å². The minimum Gasteiger partial charge on any atom is -0.359 e. The number of aryl methyl sites for hydroxylation is 3. The molecule has 23 heavy (non-hydrogen) atoms. The number of halogens is 1. The maximum atomic E-state index is 13.3. The Bertz CT molecular complexity index is 894. The summed E-state index contributed by atoms with van der Waals surface area (Å²) >= 11 is 0. The fourth-order valence-electron chi connectivity index (χ4n) is 3.34. The first-order valence-electron chi connectivity index (χ1n) is 7.73. The van der Waals surface area contributed by atoms with Crippen LogP contribution in [0.15, 0.2) is 42.5 Å². The summed E-state index contributed by atoms with van der Waals surface area (Å²) in [5.41, 5.74) is 7.78. The van der Waals surface area contributed by atoms with E-state index < -0.39 is 0 Å². The lowest BCUT2D eigenvalue weighted by molar-refractivity contribution is 0.567. The van der Waals surface area contributed by atoms with Gasteiger partial charge in [-0.3, -0.25) is 0 Å². The van der Waals surface area contributed by atoms with E-state index in [0.29, 0.717) is 0 Å². The summed E-state index contributed by atoms with van der Waals surface area (Å²) in [4.78, 5) is 0. The molecule has 0 amide bonds. The van der Waals surface area contributed by atoms with E-state index in [0.717, 1.165) is 22.6 Å². The van der Waals surface area contributed by atoms with Crippen LogP contribution < -0.4 is 5.32 Å². The van der Waals surface area contributed by atoms with Crippen LogP contribution in [0.2, 0.25) is 0 Å². The summed E-state index contributed by atoms with van der Waals surface area (Å²) < 4.78 is 15.2. The minimum absolute atomic E-state index is 0.131. The van der Waals surface area contributed by atoms with Gasteiger partial charge in [0.15, 0.2) is 0 Å². The number of hydrogen-bond donors (Lipinski definition) is 1. The molecule has 0 aliphatic carbocycles. The van der Waals surface area contributed by atoms with Gasteiger partial charge in [-0.1, -0.05) is 23.8 Å². The molecule has 0 saturated heterocycles. The highest BCUT2D eigenvalue weighted by Gasteiger charge is 2.27. The highest BCUT2D eigenvalue weighted by atomic mass is 19.1. The molecule has 2 aromatic carbocycles. The predicted molar refractivity (Wildman–Crippen MR) is 90.0 cm³/mol. The Kier molecular flexibility index (Phi) is 3.01. The maximum Gasteiger partial charge on any atom is 0.147 e. The van der Waals surface area contributed by atoms with Gasteiger partial charge in [-0.05, 0) is 56.2 Å². The Morgan fingerprint density at radius 2 is 1.78 bits per heavy atom. The van der Waals surface area contributed by atoms with Crippen molar-refractivity contribution in [2.24, 2.45) is 0 Å². The Labute approximate surface area is 134 Å². The zero-order chi connectivity index (χ0) is 16.1. The number of hydrogen-bond acceptors (Lipinski definition) is 2. The lowest BCUT2D eigenvalue weighted by Crippen LogP contribution is -2.26. The molecule has 2 heterocycles. The molecule has 0 fully saturated rings. The number of benzene rings is 2. The van der Waals surface area contributed by atoms with Gasteiger partial charge < -0.3 is 5.32 Å². The topological polar surface area (TPSA) is 29.9 Å². The first kappa shape index (κ1) is 14.0. The van der Waals surface area contributed by atoms with Crippen LogP contribution in [-0.4, -0.2) is 9.78 Å². The highest BCUT2D eigenvalue weighted by Crippen LogP contribution is 2.40. The molecule has 0 saturated carbocycles. The van der Waals surface area contributed by atoms with Crippen molar-refractivity contribution in [2.45, 2.75) is 26.9 Å². The molecule has 116 valence electrons. The van der Waals surface area contributed by atoms with E-state index in [2.05, 4.69) is 42.5 Å². The number of fused-ring (bicyclic) bond motifs is 3. The summed E-state index contributed by atoms with van der Waals surface area (Å²) in [5.74, 6) is -0.228. The van der Waals surface area contributed by atoms with E-state index in [1.807, 2.05) is 23.7 Å². The number of nitrogens with zero attached hydrogens (tertiary/aromatic N) is 2. The van der Waals surface area contributed by atoms with Crippen molar-refractivity contribution in [1.82, 2.24) is 9.78 Å². The monoisotopic (exact) mass is 307 g/mol.